The number of rotatable bonds is 18. The maximum atomic E-state index is 11.1. The van der Waals surface area contributed by atoms with Crippen molar-refractivity contribution in [2.24, 2.45) is 0 Å². The number of hydrogen-bond acceptors (Lipinski definition) is 3. The van der Waals surface area contributed by atoms with Crippen LogP contribution in [0.15, 0.2) is 0 Å². The Balaban J connectivity index is 4.31. The first kappa shape index (κ1) is 24.0. The van der Waals surface area contributed by atoms with Crippen molar-refractivity contribution < 1.29 is 14.3 Å². The summed E-state index contributed by atoms with van der Waals surface area (Å²) in [7, 11) is 0. The number of ether oxygens (including phenoxy) is 2. The van der Waals surface area contributed by atoms with Crippen LogP contribution in [-0.2, 0) is 14.3 Å². The molecule has 0 aliphatic heterocycles. The molecule has 0 rings (SSSR count). The van der Waals surface area contributed by atoms with E-state index in [9.17, 15) is 4.79 Å². The van der Waals surface area contributed by atoms with Gasteiger partial charge in [-0.15, -0.1) is 0 Å². The fourth-order valence-corrected chi connectivity index (χ4v) is 3.69. The van der Waals surface area contributed by atoms with Crippen molar-refractivity contribution in [2.75, 3.05) is 13.2 Å². The average molecular weight is 355 g/mol. The minimum absolute atomic E-state index is 0.584. The van der Waals surface area contributed by atoms with Gasteiger partial charge in [-0.1, -0.05) is 0 Å². The van der Waals surface area contributed by atoms with E-state index in [2.05, 4.69) is 25.5 Å². The quantitative estimate of drug-likeness (QED) is 0.183. The molecule has 0 bridgehead atoms. The van der Waals surface area contributed by atoms with Gasteiger partial charge >= 0.3 is 156 Å². The Morgan fingerprint density at radius 3 is 1.58 bits per heavy atom. The predicted molar refractivity (Wildman–Crippen MR) is 103 cm³/mol. The van der Waals surface area contributed by atoms with Crippen molar-refractivity contribution >= 4 is 19.5 Å². The molecule has 0 spiro atoms. The van der Waals surface area contributed by atoms with Crippen molar-refractivity contribution in [1.82, 2.24) is 0 Å². The van der Waals surface area contributed by atoms with Gasteiger partial charge in [0.2, 0.25) is 0 Å². The van der Waals surface area contributed by atoms with E-state index in [1.807, 2.05) is 0 Å². The molecule has 0 aromatic heterocycles. The van der Waals surface area contributed by atoms with Crippen LogP contribution in [0.3, 0.4) is 0 Å². The van der Waals surface area contributed by atoms with Crippen molar-refractivity contribution in [1.29, 1.82) is 0 Å². The second kappa shape index (κ2) is 17.8. The third-order valence-electron chi connectivity index (χ3n) is 4.35. The van der Waals surface area contributed by atoms with E-state index < -0.39 is 19.4 Å². The Kier molecular flexibility index (Phi) is 17.9. The SMILES string of the molecule is CCCCCCCO[C](CCCC)(OCCCCCCC)[Al]=[C]=O. The van der Waals surface area contributed by atoms with Crippen LogP contribution in [0.25, 0.3) is 0 Å². The van der Waals surface area contributed by atoms with Crippen LogP contribution >= 0.6 is 0 Å². The van der Waals surface area contributed by atoms with Gasteiger partial charge in [0.1, 0.15) is 0 Å². The summed E-state index contributed by atoms with van der Waals surface area (Å²) in [5.74, 6) is 0. The summed E-state index contributed by atoms with van der Waals surface area (Å²) in [4.78, 5) is 11.1. The zero-order valence-corrected chi connectivity index (χ0v) is 17.6. The molecule has 0 N–H and O–H groups in total. The van der Waals surface area contributed by atoms with E-state index in [0.717, 1.165) is 32.1 Å². The molecule has 24 heavy (non-hydrogen) atoms. The van der Waals surface area contributed by atoms with Gasteiger partial charge in [-0.25, -0.2) is 0 Å². The van der Waals surface area contributed by atoms with Gasteiger partial charge in [-0.05, 0) is 0 Å². The molecule has 0 atom stereocenters. The summed E-state index contributed by atoms with van der Waals surface area (Å²) in [6.45, 7) is 8.03. The van der Waals surface area contributed by atoms with Crippen molar-refractivity contribution in [3.05, 3.63) is 0 Å². The van der Waals surface area contributed by atoms with Crippen LogP contribution in [0.1, 0.15) is 104 Å². The first-order chi connectivity index (χ1) is 11.7. The number of carbonyl (C=O) groups excluding carboxylic acids is 1. The van der Waals surface area contributed by atoms with Crippen LogP contribution in [-0.4, -0.2) is 37.4 Å². The molecule has 0 saturated carbocycles. The standard InChI is InChI=1S/C19H39O2.CO.Al/c1-4-7-10-12-14-17-20-19(16-9-6-3)21-18-15-13-11-8-5-2;1-2;/h4-18H2,1-3H3;;. The molecule has 0 aromatic rings. The molecule has 0 aliphatic carbocycles. The van der Waals surface area contributed by atoms with Gasteiger partial charge in [0, 0.05) is 0 Å². The molecular weight excluding hydrogens is 315 g/mol. The van der Waals surface area contributed by atoms with E-state index in [-0.39, 0.29) is 0 Å². The van der Waals surface area contributed by atoms with Crippen LogP contribution in [0.4, 0.5) is 0 Å². The topological polar surface area (TPSA) is 35.5 Å². The molecule has 0 unspecified atom stereocenters. The van der Waals surface area contributed by atoms with Crippen LogP contribution in [0.2, 0.25) is 0 Å². The van der Waals surface area contributed by atoms with E-state index >= 15 is 0 Å². The Hall–Kier alpha value is 0.0325. The Morgan fingerprint density at radius 2 is 1.17 bits per heavy atom. The fourth-order valence-electron chi connectivity index (χ4n) is 2.76. The van der Waals surface area contributed by atoms with Gasteiger partial charge in [0.25, 0.3) is 0 Å². The van der Waals surface area contributed by atoms with Crippen molar-refractivity contribution in [3.63, 3.8) is 0 Å². The molecule has 0 amide bonds. The van der Waals surface area contributed by atoms with Crippen LogP contribution in [0, 0.1) is 0 Å². The van der Waals surface area contributed by atoms with Gasteiger partial charge in [0.05, 0.1) is 0 Å². The summed E-state index contributed by atoms with van der Waals surface area (Å²) < 4.78 is 13.7. The summed E-state index contributed by atoms with van der Waals surface area (Å²) in [6, 6.07) is 0. The van der Waals surface area contributed by atoms with Gasteiger partial charge in [0.15, 0.2) is 0 Å². The van der Waals surface area contributed by atoms with E-state index in [0.29, 0.717) is 13.2 Å². The van der Waals surface area contributed by atoms with Crippen molar-refractivity contribution in [2.45, 2.75) is 109 Å². The summed E-state index contributed by atoms with van der Waals surface area (Å²) in [6.07, 6.45) is 15.1. The third kappa shape index (κ3) is 13.3. The molecule has 4 heteroatoms. The second-order valence-corrected chi connectivity index (χ2v) is 8.11. The molecule has 140 valence electrons. The summed E-state index contributed by atoms with van der Waals surface area (Å²) in [5, 5.41) is 0. The van der Waals surface area contributed by atoms with Crippen LogP contribution in [0.5, 0.6) is 0 Å². The molecule has 0 radical (unpaired) electrons. The molecule has 0 aromatic carbocycles. The molecule has 3 nitrogen and oxygen atoms in total. The van der Waals surface area contributed by atoms with Gasteiger partial charge in [-0.2, -0.15) is 0 Å². The Morgan fingerprint density at radius 1 is 0.708 bits per heavy atom. The average Bonchev–Trinajstić information content (AvgIpc) is 2.59. The van der Waals surface area contributed by atoms with E-state index in [1.165, 1.54) is 51.4 Å². The maximum absolute atomic E-state index is 11.1. The van der Waals surface area contributed by atoms with Crippen LogP contribution < -0.4 is 0 Å². The molecule has 0 heterocycles. The molecule has 0 saturated heterocycles. The zero-order chi connectivity index (χ0) is 17.9. The predicted octanol–water partition coefficient (Wildman–Crippen LogP) is 5.58. The van der Waals surface area contributed by atoms with E-state index in [1.54, 1.807) is 0 Å². The monoisotopic (exact) mass is 354 g/mol. The fraction of sp³-hybridized carbons (Fsp3) is 0.950. The Bertz CT molecular complexity index is 298. The van der Waals surface area contributed by atoms with Gasteiger partial charge in [-0.3, -0.25) is 0 Å². The molecule has 0 fully saturated rings. The summed E-state index contributed by atoms with van der Waals surface area (Å²) in [5.41, 5.74) is 0. The van der Waals surface area contributed by atoms with Crippen molar-refractivity contribution in [3.8, 4) is 0 Å². The number of hydrogen-bond donors (Lipinski definition) is 0. The Labute approximate surface area is 156 Å². The zero-order valence-electron chi connectivity index (χ0n) is 16.4. The normalized spacial score (nSPS) is 11.3. The molecule has 0 aliphatic rings. The van der Waals surface area contributed by atoms with Gasteiger partial charge < -0.3 is 0 Å². The summed E-state index contributed by atoms with van der Waals surface area (Å²) >= 11 is -0.584. The van der Waals surface area contributed by atoms with E-state index in [4.69, 9.17) is 9.47 Å². The first-order valence-corrected chi connectivity index (χ1v) is 11.4. The minimum atomic E-state index is -0.646. The third-order valence-corrected chi connectivity index (χ3v) is 5.53. The second-order valence-electron chi connectivity index (χ2n) is 6.70. The molecular formula is C20H39AlO3. The number of unbranched alkanes of at least 4 members (excludes halogenated alkanes) is 9. The first-order valence-electron chi connectivity index (χ1n) is 10.2.